The van der Waals surface area contributed by atoms with Crippen molar-refractivity contribution < 1.29 is 19.4 Å². The Labute approximate surface area is 218 Å². The molecule has 4 aliphatic rings. The van der Waals surface area contributed by atoms with Crippen LogP contribution in [0.5, 0.6) is 11.5 Å². The first kappa shape index (κ1) is 24.4. The fraction of sp³-hybridized carbons (Fsp3) is 0.552. The number of rotatable bonds is 7. The molecule has 1 aliphatic heterocycles. The third kappa shape index (κ3) is 4.10. The van der Waals surface area contributed by atoms with Crippen molar-refractivity contribution in [1.82, 2.24) is 19.8 Å². The predicted octanol–water partition coefficient (Wildman–Crippen LogP) is 3.09. The summed E-state index contributed by atoms with van der Waals surface area (Å²) in [6, 6.07) is 6.07. The summed E-state index contributed by atoms with van der Waals surface area (Å²) >= 11 is 0. The number of ether oxygens (including phenoxy) is 2. The Morgan fingerprint density at radius 2 is 2.03 bits per heavy atom. The zero-order valence-corrected chi connectivity index (χ0v) is 21.9. The molecule has 2 bridgehead atoms. The fourth-order valence-corrected chi connectivity index (χ4v) is 7.09. The van der Waals surface area contributed by atoms with Crippen LogP contribution in [0.25, 0.3) is 0 Å². The molecule has 3 aliphatic carbocycles. The predicted molar refractivity (Wildman–Crippen MR) is 138 cm³/mol. The number of likely N-dealkylation sites (N-methyl/N-ethyl adjacent to an activating group) is 1. The minimum atomic E-state index is -0.366. The van der Waals surface area contributed by atoms with Crippen molar-refractivity contribution in [1.29, 1.82) is 0 Å². The molecule has 1 aromatic heterocycles. The van der Waals surface area contributed by atoms with Gasteiger partial charge in [-0.05, 0) is 62.3 Å². The molecule has 0 spiro atoms. The van der Waals surface area contributed by atoms with Crippen molar-refractivity contribution in [3.63, 3.8) is 0 Å². The van der Waals surface area contributed by atoms with E-state index in [1.54, 1.807) is 44.6 Å². The molecule has 2 aromatic rings. The number of hydrogen-bond donors (Lipinski definition) is 1. The van der Waals surface area contributed by atoms with E-state index in [0.717, 1.165) is 37.4 Å². The number of aromatic hydroxyl groups is 1. The van der Waals surface area contributed by atoms with Crippen LogP contribution in [0, 0.1) is 11.8 Å². The number of likely N-dealkylation sites (tertiary alicyclic amines) is 1. The van der Waals surface area contributed by atoms with Gasteiger partial charge in [0, 0.05) is 61.6 Å². The number of benzene rings is 1. The molecule has 196 valence electrons. The van der Waals surface area contributed by atoms with Gasteiger partial charge in [0.2, 0.25) is 0 Å². The molecular weight excluding hydrogens is 468 g/mol. The Morgan fingerprint density at radius 3 is 2.73 bits per heavy atom. The molecular formula is C29H36N4O4. The lowest BCUT2D eigenvalue weighted by atomic mass is 9.52. The van der Waals surface area contributed by atoms with Crippen LogP contribution >= 0.6 is 0 Å². The molecule has 1 aromatic carbocycles. The van der Waals surface area contributed by atoms with E-state index >= 15 is 0 Å². The van der Waals surface area contributed by atoms with Crippen molar-refractivity contribution in [3.05, 3.63) is 59.2 Å². The Kier molecular flexibility index (Phi) is 6.19. The minimum Gasteiger partial charge on any atom is -0.504 e. The topological polar surface area (TPSA) is 88.0 Å². The summed E-state index contributed by atoms with van der Waals surface area (Å²) in [5.41, 5.74) is 2.58. The van der Waals surface area contributed by atoms with Crippen molar-refractivity contribution >= 4 is 5.91 Å². The van der Waals surface area contributed by atoms with Gasteiger partial charge in [0.1, 0.15) is 5.82 Å². The van der Waals surface area contributed by atoms with Crippen LogP contribution in [-0.2, 0) is 27.9 Å². The number of aromatic nitrogens is 2. The average Bonchev–Trinajstić information content (AvgIpc) is 3.73. The first-order valence-corrected chi connectivity index (χ1v) is 13.3. The highest BCUT2D eigenvalue weighted by molar-refractivity contribution is 5.94. The zero-order chi connectivity index (χ0) is 25.7. The molecule has 1 amide bonds. The van der Waals surface area contributed by atoms with Gasteiger partial charge in [0.05, 0.1) is 19.8 Å². The molecule has 4 atom stereocenters. The van der Waals surface area contributed by atoms with E-state index in [2.05, 4.69) is 27.0 Å². The van der Waals surface area contributed by atoms with Gasteiger partial charge >= 0.3 is 0 Å². The maximum atomic E-state index is 13.8. The fourth-order valence-electron chi connectivity index (χ4n) is 7.09. The molecule has 1 N–H and O–H groups in total. The third-order valence-corrected chi connectivity index (χ3v) is 9.06. The lowest BCUT2D eigenvalue weighted by Gasteiger charge is -2.59. The number of phenolic OH excluding ortho intramolecular Hbond substituents is 1. The smallest absolute Gasteiger partial charge is 0.252 e. The standard InChI is InChI=1S/C29H36N4O4/c1-32(17-25-30-10-4-11-31-25)28(35)20-14-21-22-13-19-7-8-23(36-2)27(34)26(19)29(21,15-24(20)37-3)9-12-33(22)16-18-5-6-18/h4,7-8,10-11,14,18,21-22,24,34H,5-6,9,12-13,15-17H2,1-3H3. The number of phenols is 1. The van der Waals surface area contributed by atoms with Crippen LogP contribution in [0.2, 0.25) is 0 Å². The van der Waals surface area contributed by atoms with Gasteiger partial charge in [0.25, 0.3) is 5.91 Å². The molecule has 6 rings (SSSR count). The molecule has 4 unspecified atom stereocenters. The number of carbonyl (C=O) groups is 1. The van der Waals surface area contributed by atoms with Gasteiger partial charge < -0.3 is 19.5 Å². The largest absolute Gasteiger partial charge is 0.504 e. The SMILES string of the molecule is COc1ccc2c(c1O)C13CCN(CC4CC4)C(C2)C1C=C(C(=O)N(C)Cc1ncccn1)C(OC)C3. The molecule has 2 fully saturated rings. The van der Waals surface area contributed by atoms with E-state index in [4.69, 9.17) is 9.47 Å². The van der Waals surface area contributed by atoms with Crippen molar-refractivity contribution in [2.75, 3.05) is 34.4 Å². The van der Waals surface area contributed by atoms with Gasteiger partial charge in [-0.1, -0.05) is 12.1 Å². The second-order valence-corrected chi connectivity index (χ2v) is 11.2. The summed E-state index contributed by atoms with van der Waals surface area (Å²) in [6.45, 7) is 2.44. The van der Waals surface area contributed by atoms with Crippen molar-refractivity contribution in [2.24, 2.45) is 11.8 Å². The van der Waals surface area contributed by atoms with Gasteiger partial charge in [-0.15, -0.1) is 0 Å². The second kappa shape index (κ2) is 9.40. The van der Waals surface area contributed by atoms with E-state index in [0.29, 0.717) is 30.1 Å². The normalized spacial score (nSPS) is 28.6. The van der Waals surface area contributed by atoms with Crippen LogP contribution < -0.4 is 4.74 Å². The highest BCUT2D eigenvalue weighted by Gasteiger charge is 2.57. The molecule has 8 heteroatoms. The summed E-state index contributed by atoms with van der Waals surface area (Å²) in [5.74, 6) is 2.20. The molecule has 2 heterocycles. The van der Waals surface area contributed by atoms with Crippen LogP contribution in [0.3, 0.4) is 0 Å². The number of nitrogens with zero attached hydrogens (tertiary/aromatic N) is 4. The first-order chi connectivity index (χ1) is 17.9. The maximum absolute atomic E-state index is 13.8. The summed E-state index contributed by atoms with van der Waals surface area (Å²) in [6.07, 6.45) is 10.3. The van der Waals surface area contributed by atoms with Gasteiger partial charge in [0.15, 0.2) is 11.5 Å². The Bertz CT molecular complexity index is 1210. The van der Waals surface area contributed by atoms with E-state index in [1.807, 2.05) is 6.07 Å². The van der Waals surface area contributed by atoms with Crippen LogP contribution in [0.1, 0.15) is 42.6 Å². The molecule has 8 nitrogen and oxygen atoms in total. The van der Waals surface area contributed by atoms with Gasteiger partial charge in [-0.3, -0.25) is 9.69 Å². The number of methoxy groups -OCH3 is 2. The van der Waals surface area contributed by atoms with Crippen LogP contribution in [0.4, 0.5) is 0 Å². The number of fused-ring (bicyclic) bond motifs is 1. The van der Waals surface area contributed by atoms with E-state index in [-0.39, 0.29) is 35.1 Å². The molecule has 0 radical (unpaired) electrons. The van der Waals surface area contributed by atoms with Crippen molar-refractivity contribution in [2.45, 2.75) is 56.2 Å². The molecule has 37 heavy (non-hydrogen) atoms. The zero-order valence-electron chi connectivity index (χ0n) is 21.9. The van der Waals surface area contributed by atoms with Gasteiger partial charge in [-0.25, -0.2) is 9.97 Å². The van der Waals surface area contributed by atoms with E-state index in [1.165, 1.54) is 18.4 Å². The minimum absolute atomic E-state index is 0.0540. The first-order valence-electron chi connectivity index (χ1n) is 13.3. The highest BCUT2D eigenvalue weighted by Crippen LogP contribution is 2.59. The summed E-state index contributed by atoms with van der Waals surface area (Å²) < 4.78 is 11.5. The number of hydrogen-bond acceptors (Lipinski definition) is 7. The lowest BCUT2D eigenvalue weighted by Crippen LogP contribution is -2.62. The van der Waals surface area contributed by atoms with Crippen molar-refractivity contribution in [3.8, 4) is 11.5 Å². The Balaban J connectivity index is 1.41. The third-order valence-electron chi connectivity index (χ3n) is 9.06. The monoisotopic (exact) mass is 504 g/mol. The average molecular weight is 505 g/mol. The van der Waals surface area contributed by atoms with Crippen LogP contribution in [-0.4, -0.2) is 77.3 Å². The summed E-state index contributed by atoms with van der Waals surface area (Å²) in [4.78, 5) is 26.7. The number of carbonyl (C=O) groups excluding carboxylic acids is 1. The second-order valence-electron chi connectivity index (χ2n) is 11.2. The summed E-state index contributed by atoms with van der Waals surface area (Å²) in [5, 5.41) is 11.4. The Hall–Kier alpha value is -2.97. The quantitative estimate of drug-likeness (QED) is 0.620. The molecule has 1 saturated heterocycles. The number of amides is 1. The molecule has 1 saturated carbocycles. The van der Waals surface area contributed by atoms with Crippen LogP contribution in [0.15, 0.2) is 42.2 Å². The maximum Gasteiger partial charge on any atom is 0.252 e. The van der Waals surface area contributed by atoms with E-state index in [9.17, 15) is 9.90 Å². The van der Waals surface area contributed by atoms with E-state index < -0.39 is 0 Å². The lowest BCUT2D eigenvalue weighted by molar-refractivity contribution is -0.128. The Morgan fingerprint density at radius 1 is 1.24 bits per heavy atom. The number of piperidine rings is 1. The highest BCUT2D eigenvalue weighted by atomic mass is 16.5. The summed E-state index contributed by atoms with van der Waals surface area (Å²) in [7, 11) is 5.07. The van der Waals surface area contributed by atoms with Gasteiger partial charge in [-0.2, -0.15) is 0 Å².